The molecule has 0 bridgehead atoms. The third kappa shape index (κ3) is 4.22. The Balaban J connectivity index is 1.44. The van der Waals surface area contributed by atoms with Gasteiger partial charge in [-0.3, -0.25) is 4.79 Å². The molecular formula is C20H22N2O5S2. The molecule has 1 amide bonds. The van der Waals surface area contributed by atoms with Gasteiger partial charge >= 0.3 is 0 Å². The second-order valence-electron chi connectivity index (χ2n) is 7.65. The van der Waals surface area contributed by atoms with Gasteiger partial charge < -0.3 is 5.32 Å². The van der Waals surface area contributed by atoms with Crippen LogP contribution < -0.4 is 10.0 Å². The van der Waals surface area contributed by atoms with E-state index in [9.17, 15) is 21.6 Å². The summed E-state index contributed by atoms with van der Waals surface area (Å²) in [6.07, 6.45) is 1.84. The first-order chi connectivity index (χ1) is 13.7. The van der Waals surface area contributed by atoms with Crippen LogP contribution >= 0.6 is 0 Å². The van der Waals surface area contributed by atoms with E-state index in [0.717, 1.165) is 18.4 Å². The van der Waals surface area contributed by atoms with E-state index >= 15 is 0 Å². The van der Waals surface area contributed by atoms with E-state index < -0.39 is 31.3 Å². The van der Waals surface area contributed by atoms with Gasteiger partial charge in [0.25, 0.3) is 0 Å². The molecule has 29 heavy (non-hydrogen) atoms. The summed E-state index contributed by atoms with van der Waals surface area (Å²) >= 11 is 0. The van der Waals surface area contributed by atoms with Crippen LogP contribution in [-0.2, 0) is 30.1 Å². The number of anilines is 1. The number of sulfonamides is 1. The summed E-state index contributed by atoms with van der Waals surface area (Å²) in [5, 5.41) is 2.87. The maximum Gasteiger partial charge on any atom is 0.240 e. The monoisotopic (exact) mass is 434 g/mol. The predicted octanol–water partition coefficient (Wildman–Crippen LogP) is 1.82. The predicted molar refractivity (Wildman–Crippen MR) is 110 cm³/mol. The second-order valence-corrected chi connectivity index (χ2v) is 11.6. The zero-order chi connectivity index (χ0) is 20.7. The van der Waals surface area contributed by atoms with Gasteiger partial charge in [0.05, 0.1) is 21.8 Å². The minimum atomic E-state index is -3.83. The van der Waals surface area contributed by atoms with Gasteiger partial charge in [0, 0.05) is 11.7 Å². The molecule has 1 unspecified atom stereocenters. The Bertz CT molecular complexity index is 1120. The van der Waals surface area contributed by atoms with Crippen LogP contribution in [0.4, 0.5) is 5.69 Å². The molecule has 154 valence electrons. The summed E-state index contributed by atoms with van der Waals surface area (Å²) < 4.78 is 50.5. The smallest absolute Gasteiger partial charge is 0.240 e. The van der Waals surface area contributed by atoms with Gasteiger partial charge in [-0.05, 0) is 49.1 Å². The molecule has 9 heteroatoms. The average Bonchev–Trinajstić information content (AvgIpc) is 3.43. The third-order valence-electron chi connectivity index (χ3n) is 5.49. The van der Waals surface area contributed by atoms with Crippen molar-refractivity contribution >= 4 is 31.5 Å². The molecule has 1 aliphatic carbocycles. The molecule has 1 aliphatic heterocycles. The van der Waals surface area contributed by atoms with Crippen LogP contribution in [0.5, 0.6) is 0 Å². The molecule has 0 spiro atoms. The Morgan fingerprint density at radius 3 is 2.21 bits per heavy atom. The number of hydrogen-bond acceptors (Lipinski definition) is 5. The van der Waals surface area contributed by atoms with E-state index in [2.05, 4.69) is 10.0 Å². The SMILES string of the molecule is O=C(Nc1ccc(S(=O)(=O)NC2CCS(=O)(=O)C2)cc1)C1(c2ccccc2)CC1. The molecule has 2 aromatic rings. The summed E-state index contributed by atoms with van der Waals surface area (Å²) in [4.78, 5) is 12.8. The number of sulfone groups is 1. The van der Waals surface area contributed by atoms with E-state index in [-0.39, 0.29) is 28.7 Å². The fraction of sp³-hybridized carbons (Fsp3) is 0.350. The van der Waals surface area contributed by atoms with Crippen LogP contribution in [0.2, 0.25) is 0 Å². The Morgan fingerprint density at radius 2 is 1.66 bits per heavy atom. The van der Waals surface area contributed by atoms with Crippen LogP contribution in [0.15, 0.2) is 59.5 Å². The molecular weight excluding hydrogens is 412 g/mol. The molecule has 2 N–H and O–H groups in total. The number of amides is 1. The van der Waals surface area contributed by atoms with E-state index in [4.69, 9.17) is 0 Å². The Kier molecular flexibility index (Phi) is 5.00. The van der Waals surface area contributed by atoms with E-state index in [1.807, 2.05) is 30.3 Å². The number of carbonyl (C=O) groups is 1. The van der Waals surface area contributed by atoms with Crippen LogP contribution in [0.3, 0.4) is 0 Å². The molecule has 7 nitrogen and oxygen atoms in total. The first-order valence-corrected chi connectivity index (χ1v) is 12.7. The minimum Gasteiger partial charge on any atom is -0.325 e. The van der Waals surface area contributed by atoms with Crippen molar-refractivity contribution in [3.05, 3.63) is 60.2 Å². The number of hydrogen-bond donors (Lipinski definition) is 2. The number of nitrogens with one attached hydrogen (secondary N) is 2. The zero-order valence-electron chi connectivity index (χ0n) is 15.7. The Labute approximate surface area is 170 Å². The fourth-order valence-electron chi connectivity index (χ4n) is 3.67. The van der Waals surface area contributed by atoms with Crippen molar-refractivity contribution in [3.8, 4) is 0 Å². The largest absolute Gasteiger partial charge is 0.325 e. The van der Waals surface area contributed by atoms with Gasteiger partial charge in [-0.1, -0.05) is 30.3 Å². The lowest BCUT2D eigenvalue weighted by atomic mass is 9.95. The molecule has 2 aliphatic rings. The molecule has 1 heterocycles. The average molecular weight is 435 g/mol. The zero-order valence-corrected chi connectivity index (χ0v) is 17.3. The number of carbonyl (C=O) groups excluding carboxylic acids is 1. The number of benzene rings is 2. The van der Waals surface area contributed by atoms with Crippen molar-refractivity contribution < 1.29 is 21.6 Å². The topological polar surface area (TPSA) is 109 Å². The molecule has 0 radical (unpaired) electrons. The molecule has 0 aromatic heterocycles. The van der Waals surface area contributed by atoms with Crippen molar-refractivity contribution in [2.45, 2.75) is 35.6 Å². The summed E-state index contributed by atoms with van der Waals surface area (Å²) in [5.74, 6) is -0.287. The van der Waals surface area contributed by atoms with Crippen molar-refractivity contribution in [2.24, 2.45) is 0 Å². The van der Waals surface area contributed by atoms with E-state index in [1.54, 1.807) is 12.1 Å². The highest BCUT2D eigenvalue weighted by Gasteiger charge is 2.51. The lowest BCUT2D eigenvalue weighted by Crippen LogP contribution is -2.35. The lowest BCUT2D eigenvalue weighted by Gasteiger charge is -2.16. The summed E-state index contributed by atoms with van der Waals surface area (Å²) in [6, 6.07) is 14.9. The quantitative estimate of drug-likeness (QED) is 0.721. The Hall–Kier alpha value is -2.23. The van der Waals surface area contributed by atoms with Gasteiger partial charge in [-0.15, -0.1) is 0 Å². The fourth-order valence-corrected chi connectivity index (χ4v) is 6.72. The normalized spacial score (nSPS) is 22.1. The van der Waals surface area contributed by atoms with E-state index in [0.29, 0.717) is 5.69 Å². The van der Waals surface area contributed by atoms with Crippen LogP contribution in [0, 0.1) is 0 Å². The first-order valence-electron chi connectivity index (χ1n) is 9.40. The molecule has 1 saturated heterocycles. The van der Waals surface area contributed by atoms with Crippen molar-refractivity contribution in [1.29, 1.82) is 0 Å². The minimum absolute atomic E-state index is 0.00563. The Morgan fingerprint density at radius 1 is 1.00 bits per heavy atom. The van der Waals surface area contributed by atoms with Crippen molar-refractivity contribution in [3.63, 3.8) is 0 Å². The van der Waals surface area contributed by atoms with Gasteiger partial charge in [-0.25, -0.2) is 21.6 Å². The lowest BCUT2D eigenvalue weighted by molar-refractivity contribution is -0.118. The van der Waals surface area contributed by atoms with Crippen molar-refractivity contribution in [1.82, 2.24) is 4.72 Å². The van der Waals surface area contributed by atoms with Crippen LogP contribution in [-0.4, -0.2) is 40.3 Å². The highest BCUT2D eigenvalue weighted by molar-refractivity contribution is 7.92. The van der Waals surface area contributed by atoms with Gasteiger partial charge in [-0.2, -0.15) is 0 Å². The van der Waals surface area contributed by atoms with Crippen molar-refractivity contribution in [2.75, 3.05) is 16.8 Å². The second kappa shape index (κ2) is 7.23. The molecule has 4 rings (SSSR count). The molecule has 1 saturated carbocycles. The van der Waals surface area contributed by atoms with Crippen LogP contribution in [0.25, 0.3) is 0 Å². The standard InChI is InChI=1S/C20H22N2O5S2/c23-19(20(11-12-20)15-4-2-1-3-5-15)21-16-6-8-18(9-7-16)29(26,27)22-17-10-13-28(24,25)14-17/h1-9,17,22H,10-14H2,(H,21,23). The summed E-state index contributed by atoms with van der Waals surface area (Å²) in [5.41, 5.74) is 0.980. The summed E-state index contributed by atoms with van der Waals surface area (Å²) in [7, 11) is -7.00. The maximum atomic E-state index is 12.8. The van der Waals surface area contributed by atoms with Gasteiger partial charge in [0.2, 0.25) is 15.9 Å². The first kappa shape index (κ1) is 20.1. The van der Waals surface area contributed by atoms with Crippen LogP contribution in [0.1, 0.15) is 24.8 Å². The molecule has 1 atom stereocenters. The van der Waals surface area contributed by atoms with Gasteiger partial charge in [0.15, 0.2) is 9.84 Å². The molecule has 2 fully saturated rings. The number of rotatable bonds is 6. The summed E-state index contributed by atoms with van der Waals surface area (Å²) in [6.45, 7) is 0. The highest BCUT2D eigenvalue weighted by atomic mass is 32.2. The van der Waals surface area contributed by atoms with E-state index in [1.165, 1.54) is 12.1 Å². The van der Waals surface area contributed by atoms with Gasteiger partial charge in [0.1, 0.15) is 0 Å². The molecule has 2 aromatic carbocycles. The highest BCUT2D eigenvalue weighted by Crippen LogP contribution is 2.48. The third-order valence-corrected chi connectivity index (χ3v) is 8.79. The maximum absolute atomic E-state index is 12.8.